The number of carbonyl (C=O) groups is 1. The summed E-state index contributed by atoms with van der Waals surface area (Å²) in [4.78, 5) is 12.8. The fourth-order valence-corrected chi connectivity index (χ4v) is 5.08. The molecule has 0 unspecified atom stereocenters. The molecule has 1 amide bonds. The maximum absolute atomic E-state index is 13.4. The Hall–Kier alpha value is -3.33. The second-order valence-electron chi connectivity index (χ2n) is 9.53. The summed E-state index contributed by atoms with van der Waals surface area (Å²) < 4.78 is 67.4. The van der Waals surface area contributed by atoms with Gasteiger partial charge in [0.15, 0.2) is 0 Å². The first-order valence-electron chi connectivity index (χ1n) is 11.3. The van der Waals surface area contributed by atoms with Gasteiger partial charge in [0.1, 0.15) is 6.54 Å². The van der Waals surface area contributed by atoms with Gasteiger partial charge in [-0.25, -0.2) is 8.42 Å². The fourth-order valence-electron chi connectivity index (χ4n) is 3.64. The number of anilines is 1. The lowest BCUT2D eigenvalue weighted by molar-refractivity contribution is -0.137. The van der Waals surface area contributed by atoms with Gasteiger partial charge >= 0.3 is 6.18 Å². The number of nitrogens with zero attached hydrogens (tertiary/aromatic N) is 1. The van der Waals surface area contributed by atoms with Gasteiger partial charge in [-0.2, -0.15) is 13.2 Å². The summed E-state index contributed by atoms with van der Waals surface area (Å²) in [5.41, 5.74) is 0.622. The molecule has 0 spiro atoms. The number of benzene rings is 3. The smallest absolute Gasteiger partial charge is 0.348 e. The Kier molecular flexibility index (Phi) is 7.83. The lowest BCUT2D eigenvalue weighted by atomic mass is 9.86. The number of rotatable bonds is 7. The summed E-state index contributed by atoms with van der Waals surface area (Å²) in [6, 6.07) is 18.4. The van der Waals surface area contributed by atoms with Crippen LogP contribution in [0.25, 0.3) is 0 Å². The van der Waals surface area contributed by atoms with Gasteiger partial charge < -0.3 is 5.32 Å². The van der Waals surface area contributed by atoms with E-state index in [0.717, 1.165) is 29.3 Å². The van der Waals surface area contributed by atoms with Gasteiger partial charge in [0.2, 0.25) is 5.91 Å². The molecule has 0 aromatic heterocycles. The summed E-state index contributed by atoms with van der Waals surface area (Å²) in [5, 5.41) is 2.76. The summed E-state index contributed by atoms with van der Waals surface area (Å²) >= 11 is 0. The molecular weight excluding hydrogens is 489 g/mol. The molecule has 0 aliphatic rings. The summed E-state index contributed by atoms with van der Waals surface area (Å²) in [7, 11) is -4.33. The Bertz CT molecular complexity index is 1300. The number of hydrogen-bond acceptors (Lipinski definition) is 3. The van der Waals surface area contributed by atoms with Crippen LogP contribution in [-0.2, 0) is 26.4 Å². The van der Waals surface area contributed by atoms with Crippen molar-refractivity contribution in [2.24, 2.45) is 0 Å². The minimum Gasteiger partial charge on any atom is -0.348 e. The maximum Gasteiger partial charge on any atom is 0.416 e. The van der Waals surface area contributed by atoms with E-state index in [-0.39, 0.29) is 16.0 Å². The van der Waals surface area contributed by atoms with Gasteiger partial charge in [0.05, 0.1) is 22.2 Å². The van der Waals surface area contributed by atoms with Crippen molar-refractivity contribution in [2.75, 3.05) is 10.8 Å². The summed E-state index contributed by atoms with van der Waals surface area (Å²) in [6.07, 6.45) is -4.67. The highest BCUT2D eigenvalue weighted by atomic mass is 32.2. The topological polar surface area (TPSA) is 66.5 Å². The SMILES string of the molecule is C[C@@H](NC(=O)CN(c1cccc(C(F)(F)F)c1)S(=O)(=O)c1ccccc1)c1ccc(C(C)(C)C)cc1. The number of hydrogen-bond donors (Lipinski definition) is 1. The molecule has 0 bridgehead atoms. The zero-order chi connectivity index (χ0) is 26.7. The maximum atomic E-state index is 13.4. The molecule has 0 radical (unpaired) electrons. The Morgan fingerprint density at radius 3 is 2.06 bits per heavy atom. The van der Waals surface area contributed by atoms with Crippen LogP contribution in [0.15, 0.2) is 83.8 Å². The van der Waals surface area contributed by atoms with Crippen molar-refractivity contribution in [2.45, 2.75) is 50.2 Å². The molecule has 0 saturated heterocycles. The Labute approximate surface area is 210 Å². The fraction of sp³-hybridized carbons (Fsp3) is 0.296. The van der Waals surface area contributed by atoms with Crippen molar-refractivity contribution in [1.82, 2.24) is 5.32 Å². The van der Waals surface area contributed by atoms with Gasteiger partial charge in [0, 0.05) is 0 Å². The van der Waals surface area contributed by atoms with Crippen LogP contribution >= 0.6 is 0 Å². The van der Waals surface area contributed by atoms with E-state index in [4.69, 9.17) is 0 Å². The highest BCUT2D eigenvalue weighted by Crippen LogP contribution is 2.33. The quantitative estimate of drug-likeness (QED) is 0.413. The van der Waals surface area contributed by atoms with Crippen molar-refractivity contribution in [1.29, 1.82) is 0 Å². The molecule has 0 fully saturated rings. The van der Waals surface area contributed by atoms with Crippen LogP contribution in [0.4, 0.5) is 18.9 Å². The van der Waals surface area contributed by atoms with Gasteiger partial charge in [-0.1, -0.05) is 69.3 Å². The molecule has 3 aromatic carbocycles. The van der Waals surface area contributed by atoms with E-state index in [2.05, 4.69) is 26.1 Å². The predicted molar refractivity (Wildman–Crippen MR) is 134 cm³/mol. The second-order valence-corrected chi connectivity index (χ2v) is 11.4. The Balaban J connectivity index is 1.90. The second kappa shape index (κ2) is 10.3. The Morgan fingerprint density at radius 1 is 0.889 bits per heavy atom. The molecule has 0 heterocycles. The van der Waals surface area contributed by atoms with E-state index in [9.17, 15) is 26.4 Å². The van der Waals surface area contributed by atoms with E-state index in [0.29, 0.717) is 4.31 Å². The minimum atomic E-state index is -4.67. The molecule has 3 aromatic rings. The standard InChI is InChI=1S/C27H29F3N2O3S/c1-19(20-13-15-21(16-14-20)26(2,3)4)31-25(33)18-32(36(34,35)24-11-6-5-7-12-24)23-10-8-9-22(17-23)27(28,29)30/h5-17,19H,18H2,1-4H3,(H,31,33)/t19-/m1/s1. The largest absolute Gasteiger partial charge is 0.416 e. The van der Waals surface area contributed by atoms with Gasteiger partial charge in [-0.3, -0.25) is 9.10 Å². The van der Waals surface area contributed by atoms with Crippen LogP contribution in [0.1, 0.15) is 50.4 Å². The third-order valence-electron chi connectivity index (χ3n) is 5.73. The number of sulfonamides is 1. The highest BCUT2D eigenvalue weighted by Gasteiger charge is 2.33. The number of carbonyl (C=O) groups excluding carboxylic acids is 1. The molecule has 36 heavy (non-hydrogen) atoms. The predicted octanol–water partition coefficient (Wildman–Crippen LogP) is 6.08. The molecule has 0 saturated carbocycles. The lowest BCUT2D eigenvalue weighted by Crippen LogP contribution is -2.41. The number of halogens is 3. The molecule has 1 N–H and O–H groups in total. The first kappa shape index (κ1) is 27.3. The average Bonchev–Trinajstić information content (AvgIpc) is 2.82. The van der Waals surface area contributed by atoms with E-state index in [1.165, 1.54) is 30.3 Å². The van der Waals surface area contributed by atoms with Crippen LogP contribution < -0.4 is 9.62 Å². The molecular formula is C27H29F3N2O3S. The van der Waals surface area contributed by atoms with Crippen LogP contribution in [0.3, 0.4) is 0 Å². The number of alkyl halides is 3. The van der Waals surface area contributed by atoms with Crippen molar-refractivity contribution < 1.29 is 26.4 Å². The van der Waals surface area contributed by atoms with E-state index >= 15 is 0 Å². The van der Waals surface area contributed by atoms with Crippen molar-refractivity contribution >= 4 is 21.6 Å². The van der Waals surface area contributed by atoms with Crippen LogP contribution in [0.2, 0.25) is 0 Å². The molecule has 5 nitrogen and oxygen atoms in total. The molecule has 0 aliphatic carbocycles. The van der Waals surface area contributed by atoms with Crippen molar-refractivity contribution in [3.8, 4) is 0 Å². The van der Waals surface area contributed by atoms with Crippen LogP contribution in [-0.4, -0.2) is 20.9 Å². The highest BCUT2D eigenvalue weighted by molar-refractivity contribution is 7.92. The van der Waals surface area contributed by atoms with Crippen LogP contribution in [0, 0.1) is 0 Å². The lowest BCUT2D eigenvalue weighted by Gasteiger charge is -2.26. The average molecular weight is 519 g/mol. The monoisotopic (exact) mass is 518 g/mol. The number of nitrogens with one attached hydrogen (secondary N) is 1. The van der Waals surface area contributed by atoms with Gasteiger partial charge in [0.25, 0.3) is 10.0 Å². The third kappa shape index (κ3) is 6.46. The van der Waals surface area contributed by atoms with E-state index in [1.54, 1.807) is 13.0 Å². The molecule has 1 atom stereocenters. The molecule has 3 rings (SSSR count). The molecule has 0 aliphatic heterocycles. The Morgan fingerprint density at radius 2 is 1.50 bits per heavy atom. The van der Waals surface area contributed by atoms with E-state index < -0.39 is 40.3 Å². The summed E-state index contributed by atoms with van der Waals surface area (Å²) in [5.74, 6) is -0.653. The first-order valence-corrected chi connectivity index (χ1v) is 12.8. The van der Waals surface area contributed by atoms with E-state index in [1.807, 2.05) is 24.3 Å². The van der Waals surface area contributed by atoms with Crippen LogP contribution in [0.5, 0.6) is 0 Å². The van der Waals surface area contributed by atoms with Crippen molar-refractivity contribution in [3.63, 3.8) is 0 Å². The van der Waals surface area contributed by atoms with Gasteiger partial charge in [-0.15, -0.1) is 0 Å². The van der Waals surface area contributed by atoms with Gasteiger partial charge in [-0.05, 0) is 53.8 Å². The zero-order valence-electron chi connectivity index (χ0n) is 20.5. The minimum absolute atomic E-state index is 0.0394. The first-order chi connectivity index (χ1) is 16.7. The zero-order valence-corrected chi connectivity index (χ0v) is 21.3. The number of amides is 1. The molecule has 192 valence electrons. The van der Waals surface area contributed by atoms with Crippen molar-refractivity contribution in [3.05, 3.63) is 95.6 Å². The summed E-state index contributed by atoms with van der Waals surface area (Å²) in [6.45, 7) is 7.32. The normalized spacial score (nSPS) is 13.2. The molecule has 9 heteroatoms. The third-order valence-corrected chi connectivity index (χ3v) is 7.52.